The first kappa shape index (κ1) is 6.02. The Morgan fingerprint density at radius 3 is 2.56 bits per heavy atom. The second-order valence-electron chi connectivity index (χ2n) is 1.68. The normalized spacial score (nSPS) is 10.3. The van der Waals surface area contributed by atoms with Crippen LogP contribution in [0.2, 0.25) is 0 Å². The largest absolute Gasteiger partial charge is 0.265 e. The monoisotopic (exact) mass is 118 g/mol. The first-order valence-electron chi connectivity index (χ1n) is 2.79. The number of pyridine rings is 1. The Bertz CT molecular complexity index is 189. The molecule has 45 valence electrons. The zero-order valence-electron chi connectivity index (χ0n) is 5.12. The molecule has 0 atom stereocenters. The SMILES string of the molecule is [CH2]/C=C/c1ccncc1. The van der Waals surface area contributed by atoms with E-state index in [-0.39, 0.29) is 0 Å². The van der Waals surface area contributed by atoms with Crippen LogP contribution in [0.4, 0.5) is 0 Å². The van der Waals surface area contributed by atoms with Crippen molar-refractivity contribution in [2.75, 3.05) is 0 Å². The topological polar surface area (TPSA) is 12.9 Å². The number of nitrogens with zero attached hydrogens (tertiary/aromatic N) is 1. The van der Waals surface area contributed by atoms with Crippen molar-refractivity contribution < 1.29 is 0 Å². The highest BCUT2D eigenvalue weighted by Gasteiger charge is 1.78. The van der Waals surface area contributed by atoms with Crippen LogP contribution in [-0.2, 0) is 0 Å². The molecule has 0 aliphatic heterocycles. The standard InChI is InChI=1S/C8H8N/c1-2-3-8-4-6-9-7-5-8/h2-7H,1H2/b3-2+. The van der Waals surface area contributed by atoms with Crippen molar-refractivity contribution in [2.45, 2.75) is 0 Å². The molecule has 0 aliphatic carbocycles. The van der Waals surface area contributed by atoms with Crippen LogP contribution in [0.3, 0.4) is 0 Å². The van der Waals surface area contributed by atoms with Crippen LogP contribution >= 0.6 is 0 Å². The third-order valence-corrected chi connectivity index (χ3v) is 1.02. The van der Waals surface area contributed by atoms with E-state index >= 15 is 0 Å². The van der Waals surface area contributed by atoms with Gasteiger partial charge in [0.1, 0.15) is 0 Å². The quantitative estimate of drug-likeness (QED) is 0.549. The second kappa shape index (κ2) is 3.02. The number of hydrogen-bond donors (Lipinski definition) is 0. The summed E-state index contributed by atoms with van der Waals surface area (Å²) in [6.07, 6.45) is 7.21. The van der Waals surface area contributed by atoms with Gasteiger partial charge in [-0.15, -0.1) is 0 Å². The molecule has 0 fully saturated rings. The minimum absolute atomic E-state index is 1.14. The molecule has 0 aromatic carbocycles. The van der Waals surface area contributed by atoms with E-state index < -0.39 is 0 Å². The lowest BCUT2D eigenvalue weighted by atomic mass is 10.2. The molecule has 1 aromatic rings. The summed E-state index contributed by atoms with van der Waals surface area (Å²) in [6, 6.07) is 3.86. The Labute approximate surface area is 55.1 Å². The summed E-state index contributed by atoms with van der Waals surface area (Å²) < 4.78 is 0. The number of rotatable bonds is 1. The third kappa shape index (κ3) is 1.68. The molecule has 1 radical (unpaired) electrons. The molecule has 1 nitrogen and oxygen atoms in total. The van der Waals surface area contributed by atoms with Crippen LogP contribution in [0.25, 0.3) is 6.08 Å². The molecule has 0 N–H and O–H groups in total. The zero-order chi connectivity index (χ0) is 6.53. The molecule has 1 aromatic heterocycles. The fraction of sp³-hybridized carbons (Fsp3) is 0. The maximum absolute atomic E-state index is 3.87. The first-order chi connectivity index (χ1) is 4.43. The van der Waals surface area contributed by atoms with Crippen LogP contribution in [-0.4, -0.2) is 4.98 Å². The van der Waals surface area contributed by atoms with Gasteiger partial charge in [0.25, 0.3) is 0 Å². The summed E-state index contributed by atoms with van der Waals surface area (Å²) in [4.78, 5) is 3.87. The first-order valence-corrected chi connectivity index (χ1v) is 2.79. The van der Waals surface area contributed by atoms with Crippen LogP contribution in [0.1, 0.15) is 5.56 Å². The zero-order valence-corrected chi connectivity index (χ0v) is 5.12. The Kier molecular flexibility index (Phi) is 2.02. The fourth-order valence-electron chi connectivity index (χ4n) is 0.611. The minimum Gasteiger partial charge on any atom is -0.265 e. The highest BCUT2D eigenvalue weighted by atomic mass is 14.6. The predicted molar refractivity (Wildman–Crippen MR) is 38.6 cm³/mol. The molecule has 0 saturated heterocycles. The van der Waals surface area contributed by atoms with Gasteiger partial charge in [0.2, 0.25) is 0 Å². The van der Waals surface area contributed by atoms with Crippen molar-refractivity contribution in [1.29, 1.82) is 0 Å². The smallest absolute Gasteiger partial charge is 0.0273 e. The van der Waals surface area contributed by atoms with Crippen molar-refractivity contribution in [1.82, 2.24) is 4.98 Å². The lowest BCUT2D eigenvalue weighted by Crippen LogP contribution is -1.70. The van der Waals surface area contributed by atoms with Gasteiger partial charge in [-0.1, -0.05) is 12.2 Å². The lowest BCUT2D eigenvalue weighted by molar-refractivity contribution is 1.32. The number of hydrogen-bond acceptors (Lipinski definition) is 1. The van der Waals surface area contributed by atoms with E-state index in [1.54, 1.807) is 18.5 Å². The van der Waals surface area contributed by atoms with Gasteiger partial charge >= 0.3 is 0 Å². The predicted octanol–water partition coefficient (Wildman–Crippen LogP) is 1.93. The summed E-state index contributed by atoms with van der Waals surface area (Å²) in [5.74, 6) is 0. The van der Waals surface area contributed by atoms with Crippen LogP contribution in [0, 0.1) is 6.92 Å². The van der Waals surface area contributed by atoms with E-state index in [0.29, 0.717) is 0 Å². The maximum atomic E-state index is 3.87. The Morgan fingerprint density at radius 1 is 1.33 bits per heavy atom. The van der Waals surface area contributed by atoms with Crippen molar-refractivity contribution in [3.8, 4) is 0 Å². The average Bonchev–Trinajstić information content (AvgIpc) is 1.91. The number of allylic oxidation sites excluding steroid dienone is 1. The summed E-state index contributed by atoms with van der Waals surface area (Å²) in [5, 5.41) is 0. The Balaban J connectivity index is 2.85. The molecule has 1 heterocycles. The van der Waals surface area contributed by atoms with Gasteiger partial charge in [-0.2, -0.15) is 0 Å². The summed E-state index contributed by atoms with van der Waals surface area (Å²) in [7, 11) is 0. The van der Waals surface area contributed by atoms with Gasteiger partial charge in [-0.05, 0) is 24.6 Å². The Morgan fingerprint density at radius 2 is 2.00 bits per heavy atom. The van der Waals surface area contributed by atoms with Crippen LogP contribution in [0.5, 0.6) is 0 Å². The molecule has 0 amide bonds. The van der Waals surface area contributed by atoms with E-state index in [2.05, 4.69) is 11.9 Å². The van der Waals surface area contributed by atoms with E-state index in [1.165, 1.54) is 0 Å². The van der Waals surface area contributed by atoms with Crippen molar-refractivity contribution in [3.63, 3.8) is 0 Å². The van der Waals surface area contributed by atoms with Gasteiger partial charge in [-0.3, -0.25) is 4.98 Å². The van der Waals surface area contributed by atoms with Crippen molar-refractivity contribution >= 4 is 6.08 Å². The highest BCUT2D eigenvalue weighted by molar-refractivity contribution is 5.48. The molecule has 9 heavy (non-hydrogen) atoms. The Hall–Kier alpha value is -1.11. The van der Waals surface area contributed by atoms with E-state index in [9.17, 15) is 0 Å². The molecule has 0 saturated carbocycles. The number of aromatic nitrogens is 1. The third-order valence-electron chi connectivity index (χ3n) is 1.02. The summed E-state index contributed by atoms with van der Waals surface area (Å²) in [5.41, 5.74) is 1.14. The van der Waals surface area contributed by atoms with Crippen LogP contribution < -0.4 is 0 Å². The average molecular weight is 118 g/mol. The van der Waals surface area contributed by atoms with Crippen molar-refractivity contribution in [2.24, 2.45) is 0 Å². The van der Waals surface area contributed by atoms with Gasteiger partial charge < -0.3 is 0 Å². The molecule has 0 aliphatic rings. The van der Waals surface area contributed by atoms with E-state index in [4.69, 9.17) is 0 Å². The van der Waals surface area contributed by atoms with Crippen LogP contribution in [0.15, 0.2) is 30.6 Å². The van der Waals surface area contributed by atoms with E-state index in [0.717, 1.165) is 5.56 Å². The second-order valence-corrected chi connectivity index (χ2v) is 1.68. The van der Waals surface area contributed by atoms with E-state index in [1.807, 2.05) is 18.2 Å². The fourth-order valence-corrected chi connectivity index (χ4v) is 0.611. The molecule has 0 spiro atoms. The van der Waals surface area contributed by atoms with Gasteiger partial charge in [-0.25, -0.2) is 0 Å². The molecular formula is C8H8N. The summed E-state index contributed by atoms with van der Waals surface area (Å²) in [6.45, 7) is 3.58. The summed E-state index contributed by atoms with van der Waals surface area (Å²) >= 11 is 0. The van der Waals surface area contributed by atoms with Gasteiger partial charge in [0, 0.05) is 12.4 Å². The lowest BCUT2D eigenvalue weighted by Gasteiger charge is -1.86. The van der Waals surface area contributed by atoms with Gasteiger partial charge in [0.05, 0.1) is 0 Å². The molecule has 1 rings (SSSR count). The highest BCUT2D eigenvalue weighted by Crippen LogP contribution is 1.97. The molecular weight excluding hydrogens is 110 g/mol. The minimum atomic E-state index is 1.14. The van der Waals surface area contributed by atoms with Crippen molar-refractivity contribution in [3.05, 3.63) is 43.1 Å². The molecule has 1 heteroatoms. The van der Waals surface area contributed by atoms with Gasteiger partial charge in [0.15, 0.2) is 0 Å². The maximum Gasteiger partial charge on any atom is 0.0273 e. The molecule has 0 bridgehead atoms. The molecule has 0 unspecified atom stereocenters.